The fourth-order valence-electron chi connectivity index (χ4n) is 2.84. The zero-order valence-corrected chi connectivity index (χ0v) is 15.9. The van der Waals surface area contributed by atoms with Crippen molar-refractivity contribution in [1.29, 1.82) is 0 Å². The molecule has 1 heterocycles. The van der Waals surface area contributed by atoms with Crippen LogP contribution in [-0.2, 0) is 9.53 Å². The van der Waals surface area contributed by atoms with Gasteiger partial charge in [-0.2, -0.15) is 0 Å². The molecule has 140 valence electrons. The van der Waals surface area contributed by atoms with Gasteiger partial charge >= 0.3 is 0 Å². The summed E-state index contributed by atoms with van der Waals surface area (Å²) < 4.78 is 11.8. The van der Waals surface area contributed by atoms with Gasteiger partial charge in [0.1, 0.15) is 11.9 Å². The molecule has 3 rings (SSSR count). The van der Waals surface area contributed by atoms with Gasteiger partial charge in [-0.05, 0) is 38.7 Å². The van der Waals surface area contributed by atoms with E-state index < -0.39 is 6.29 Å². The van der Waals surface area contributed by atoms with E-state index in [-0.39, 0.29) is 24.4 Å². The maximum atomic E-state index is 12.5. The highest BCUT2D eigenvalue weighted by Gasteiger charge is 2.33. The number of para-hydroxylation sites is 1. The van der Waals surface area contributed by atoms with Gasteiger partial charge in [-0.15, -0.1) is 12.4 Å². The van der Waals surface area contributed by atoms with E-state index in [0.29, 0.717) is 12.3 Å². The van der Waals surface area contributed by atoms with Crippen molar-refractivity contribution in [1.82, 2.24) is 10.2 Å². The Balaban J connectivity index is 0.00000243. The SMILES string of the molecule is CN(C)CCCNC(=O)C1Oc2ccccc2C(c2ccccc2)O1.Cl. The average molecular weight is 377 g/mol. The molecule has 2 atom stereocenters. The molecule has 0 bridgehead atoms. The van der Waals surface area contributed by atoms with Crippen LogP contribution < -0.4 is 10.1 Å². The van der Waals surface area contributed by atoms with Gasteiger partial charge in [0.15, 0.2) is 0 Å². The summed E-state index contributed by atoms with van der Waals surface area (Å²) in [6, 6.07) is 17.6. The Kier molecular flexibility index (Phi) is 7.45. The van der Waals surface area contributed by atoms with E-state index in [2.05, 4.69) is 10.2 Å². The molecule has 0 spiro atoms. The van der Waals surface area contributed by atoms with Crippen LogP contribution in [0.25, 0.3) is 0 Å². The number of hydrogen-bond acceptors (Lipinski definition) is 4. The molecule has 0 saturated carbocycles. The predicted molar refractivity (Wildman–Crippen MR) is 104 cm³/mol. The molecule has 0 aromatic heterocycles. The van der Waals surface area contributed by atoms with E-state index in [4.69, 9.17) is 9.47 Å². The first kappa shape index (κ1) is 20.2. The van der Waals surface area contributed by atoms with Gasteiger partial charge in [0.05, 0.1) is 0 Å². The van der Waals surface area contributed by atoms with Crippen molar-refractivity contribution in [3.63, 3.8) is 0 Å². The second-order valence-corrected chi connectivity index (χ2v) is 6.36. The van der Waals surface area contributed by atoms with E-state index in [0.717, 1.165) is 24.1 Å². The monoisotopic (exact) mass is 376 g/mol. The van der Waals surface area contributed by atoms with Gasteiger partial charge < -0.3 is 19.7 Å². The van der Waals surface area contributed by atoms with Crippen molar-refractivity contribution in [2.75, 3.05) is 27.2 Å². The van der Waals surface area contributed by atoms with Crippen LogP contribution in [0.4, 0.5) is 0 Å². The van der Waals surface area contributed by atoms with Crippen molar-refractivity contribution in [3.05, 3.63) is 65.7 Å². The van der Waals surface area contributed by atoms with Gasteiger partial charge in [-0.25, -0.2) is 0 Å². The smallest absolute Gasteiger partial charge is 0.289 e. The van der Waals surface area contributed by atoms with Crippen LogP contribution in [0.2, 0.25) is 0 Å². The summed E-state index contributed by atoms with van der Waals surface area (Å²) in [6.45, 7) is 1.51. The van der Waals surface area contributed by atoms with Crippen LogP contribution in [-0.4, -0.2) is 44.3 Å². The number of ether oxygens (including phenoxy) is 2. The van der Waals surface area contributed by atoms with Gasteiger partial charge in [0, 0.05) is 12.1 Å². The highest BCUT2D eigenvalue weighted by Crippen LogP contribution is 2.38. The predicted octanol–water partition coefficient (Wildman–Crippen LogP) is 3.00. The number of hydrogen-bond donors (Lipinski definition) is 1. The molecule has 0 fully saturated rings. The van der Waals surface area contributed by atoms with Crippen LogP contribution in [0.1, 0.15) is 23.7 Å². The topological polar surface area (TPSA) is 50.8 Å². The number of amides is 1. The van der Waals surface area contributed by atoms with Crippen LogP contribution in [0.15, 0.2) is 54.6 Å². The highest BCUT2D eigenvalue weighted by atomic mass is 35.5. The number of nitrogens with zero attached hydrogens (tertiary/aromatic N) is 1. The van der Waals surface area contributed by atoms with E-state index in [1.54, 1.807) is 0 Å². The fraction of sp³-hybridized carbons (Fsp3) is 0.350. The summed E-state index contributed by atoms with van der Waals surface area (Å²) in [5.41, 5.74) is 1.94. The largest absolute Gasteiger partial charge is 0.455 e. The van der Waals surface area contributed by atoms with Gasteiger partial charge in [0.2, 0.25) is 0 Å². The molecular weight excluding hydrogens is 352 g/mol. The van der Waals surface area contributed by atoms with Gasteiger partial charge in [-0.3, -0.25) is 4.79 Å². The summed E-state index contributed by atoms with van der Waals surface area (Å²) >= 11 is 0. The normalized spacial score (nSPS) is 18.4. The van der Waals surface area contributed by atoms with E-state index in [1.807, 2.05) is 68.7 Å². The average Bonchev–Trinajstić information content (AvgIpc) is 2.64. The molecule has 26 heavy (non-hydrogen) atoms. The summed E-state index contributed by atoms with van der Waals surface area (Å²) in [7, 11) is 4.02. The third-order valence-electron chi connectivity index (χ3n) is 4.09. The fourth-order valence-corrected chi connectivity index (χ4v) is 2.84. The third-order valence-corrected chi connectivity index (χ3v) is 4.09. The van der Waals surface area contributed by atoms with Crippen LogP contribution in [0.5, 0.6) is 5.75 Å². The Bertz CT molecular complexity index is 709. The Labute approximate surface area is 160 Å². The Morgan fingerprint density at radius 2 is 1.77 bits per heavy atom. The second kappa shape index (κ2) is 9.57. The lowest BCUT2D eigenvalue weighted by Crippen LogP contribution is -2.43. The van der Waals surface area contributed by atoms with E-state index in [1.165, 1.54) is 0 Å². The van der Waals surface area contributed by atoms with Crippen molar-refractivity contribution in [2.24, 2.45) is 0 Å². The minimum Gasteiger partial charge on any atom is -0.455 e. The van der Waals surface area contributed by atoms with E-state index >= 15 is 0 Å². The number of nitrogens with one attached hydrogen (secondary N) is 1. The minimum absolute atomic E-state index is 0. The van der Waals surface area contributed by atoms with Crippen LogP contribution in [0, 0.1) is 0 Å². The van der Waals surface area contributed by atoms with Crippen molar-refractivity contribution in [2.45, 2.75) is 18.8 Å². The standard InChI is InChI=1S/C20H24N2O3.ClH/c1-22(2)14-8-13-21-19(23)20-24-17-12-7-6-11-16(17)18(25-20)15-9-4-3-5-10-15;/h3-7,9-12,18,20H,8,13-14H2,1-2H3,(H,21,23);1H. The molecule has 1 N–H and O–H groups in total. The molecule has 2 unspecified atom stereocenters. The molecule has 6 heteroatoms. The lowest BCUT2D eigenvalue weighted by Gasteiger charge is -2.32. The quantitative estimate of drug-likeness (QED) is 0.787. The van der Waals surface area contributed by atoms with Gasteiger partial charge in [-0.1, -0.05) is 48.5 Å². The van der Waals surface area contributed by atoms with Crippen molar-refractivity contribution < 1.29 is 14.3 Å². The first-order chi connectivity index (χ1) is 12.1. The van der Waals surface area contributed by atoms with Crippen molar-refractivity contribution >= 4 is 18.3 Å². The summed E-state index contributed by atoms with van der Waals surface area (Å²) in [4.78, 5) is 14.5. The molecule has 1 amide bonds. The molecule has 5 nitrogen and oxygen atoms in total. The number of halogens is 1. The third kappa shape index (κ3) is 4.97. The van der Waals surface area contributed by atoms with Crippen LogP contribution >= 0.6 is 12.4 Å². The lowest BCUT2D eigenvalue weighted by atomic mass is 9.99. The zero-order chi connectivity index (χ0) is 17.6. The highest BCUT2D eigenvalue weighted by molar-refractivity contribution is 5.85. The maximum absolute atomic E-state index is 12.5. The minimum atomic E-state index is -0.945. The number of fused-ring (bicyclic) bond motifs is 1. The number of benzene rings is 2. The van der Waals surface area contributed by atoms with Crippen LogP contribution in [0.3, 0.4) is 0 Å². The molecule has 2 aromatic rings. The van der Waals surface area contributed by atoms with Gasteiger partial charge in [0.25, 0.3) is 12.2 Å². The Hall–Kier alpha value is -2.08. The number of carbonyl (C=O) groups is 1. The summed E-state index contributed by atoms with van der Waals surface area (Å²) in [5.74, 6) is 0.449. The molecule has 0 radical (unpaired) electrons. The first-order valence-corrected chi connectivity index (χ1v) is 8.53. The number of carbonyl (C=O) groups excluding carboxylic acids is 1. The molecule has 1 aliphatic rings. The van der Waals surface area contributed by atoms with Crippen molar-refractivity contribution in [3.8, 4) is 5.75 Å². The first-order valence-electron chi connectivity index (χ1n) is 8.53. The molecular formula is C20H25ClN2O3. The molecule has 1 aliphatic heterocycles. The molecule has 0 saturated heterocycles. The zero-order valence-electron chi connectivity index (χ0n) is 15.1. The number of rotatable bonds is 6. The lowest BCUT2D eigenvalue weighted by molar-refractivity contribution is -0.165. The maximum Gasteiger partial charge on any atom is 0.289 e. The Morgan fingerprint density at radius 3 is 2.50 bits per heavy atom. The van der Waals surface area contributed by atoms with E-state index in [9.17, 15) is 4.79 Å². The second-order valence-electron chi connectivity index (χ2n) is 6.36. The Morgan fingerprint density at radius 1 is 1.08 bits per heavy atom. The summed E-state index contributed by atoms with van der Waals surface area (Å²) in [6.07, 6.45) is -0.382. The molecule has 2 aromatic carbocycles. The molecule has 0 aliphatic carbocycles. The summed E-state index contributed by atoms with van der Waals surface area (Å²) in [5, 5.41) is 2.89.